The Balaban J connectivity index is 1.63. The summed E-state index contributed by atoms with van der Waals surface area (Å²) in [5.74, 6) is 0.921. The van der Waals surface area contributed by atoms with Gasteiger partial charge in [0.2, 0.25) is 0 Å². The molecular formula is C18H32O3. The van der Waals surface area contributed by atoms with Crippen LogP contribution in [-0.2, 0) is 14.3 Å². The van der Waals surface area contributed by atoms with Gasteiger partial charge in [0, 0.05) is 6.61 Å². The molecule has 122 valence electrons. The van der Waals surface area contributed by atoms with E-state index in [0.29, 0.717) is 12.0 Å². The van der Waals surface area contributed by atoms with E-state index >= 15 is 0 Å². The minimum atomic E-state index is -0.366. The first-order valence-corrected chi connectivity index (χ1v) is 8.58. The topological polar surface area (TPSA) is 35.5 Å². The molecule has 0 aromatic heterocycles. The van der Waals surface area contributed by atoms with Crippen molar-refractivity contribution in [1.29, 1.82) is 0 Å². The summed E-state index contributed by atoms with van der Waals surface area (Å²) in [4.78, 5) is 11.6. The van der Waals surface area contributed by atoms with Gasteiger partial charge in [-0.15, -0.1) is 0 Å². The summed E-state index contributed by atoms with van der Waals surface area (Å²) in [6, 6.07) is 0. The van der Waals surface area contributed by atoms with Crippen molar-refractivity contribution in [3.63, 3.8) is 0 Å². The van der Waals surface area contributed by atoms with Gasteiger partial charge in [-0.25, -0.2) is 0 Å². The van der Waals surface area contributed by atoms with Crippen molar-refractivity contribution in [1.82, 2.24) is 0 Å². The molecule has 0 aromatic carbocycles. The van der Waals surface area contributed by atoms with Crippen molar-refractivity contribution in [2.45, 2.75) is 78.2 Å². The molecule has 1 unspecified atom stereocenters. The Morgan fingerprint density at radius 1 is 1.24 bits per heavy atom. The number of carbonyl (C=O) groups excluding carboxylic acids is 1. The van der Waals surface area contributed by atoms with Crippen LogP contribution in [0.25, 0.3) is 0 Å². The summed E-state index contributed by atoms with van der Waals surface area (Å²) in [5.41, 5.74) is 0.132. The molecule has 0 bridgehead atoms. The molecule has 0 radical (unpaired) electrons. The molecule has 2 fully saturated rings. The molecule has 21 heavy (non-hydrogen) atoms. The Morgan fingerprint density at radius 3 is 2.57 bits per heavy atom. The standard InChI is InChI=1S/C18H32O3/c1-17(2)10-5-6-14(12-17)9-11-21-18(3,4)13-20-16(19)15-7-8-15/h14-15H,5-13H2,1-4H3. The van der Waals surface area contributed by atoms with Crippen molar-refractivity contribution < 1.29 is 14.3 Å². The largest absolute Gasteiger partial charge is 0.462 e. The lowest BCUT2D eigenvalue weighted by Crippen LogP contribution is -2.33. The third-order valence-electron chi connectivity index (χ3n) is 4.80. The Hall–Kier alpha value is -0.570. The van der Waals surface area contributed by atoms with Gasteiger partial charge in [-0.1, -0.05) is 26.7 Å². The first-order valence-electron chi connectivity index (χ1n) is 8.58. The monoisotopic (exact) mass is 296 g/mol. The normalized spacial score (nSPS) is 25.6. The van der Waals surface area contributed by atoms with Gasteiger partial charge in [0.25, 0.3) is 0 Å². The third-order valence-corrected chi connectivity index (χ3v) is 4.80. The molecule has 0 aliphatic heterocycles. The van der Waals surface area contributed by atoms with Gasteiger partial charge in [0.15, 0.2) is 0 Å². The van der Waals surface area contributed by atoms with E-state index in [4.69, 9.17) is 9.47 Å². The van der Waals surface area contributed by atoms with Crippen LogP contribution in [0.3, 0.4) is 0 Å². The Morgan fingerprint density at radius 2 is 1.95 bits per heavy atom. The lowest BCUT2D eigenvalue weighted by Gasteiger charge is -2.35. The summed E-state index contributed by atoms with van der Waals surface area (Å²) in [6.45, 7) is 9.92. The Kier molecular flexibility index (Phi) is 5.34. The molecule has 2 aliphatic rings. The molecule has 2 saturated carbocycles. The molecule has 0 aromatic rings. The summed E-state index contributed by atoms with van der Waals surface area (Å²) in [7, 11) is 0. The first-order chi connectivity index (χ1) is 9.77. The highest BCUT2D eigenvalue weighted by atomic mass is 16.6. The van der Waals surface area contributed by atoms with Crippen molar-refractivity contribution >= 4 is 5.97 Å². The highest BCUT2D eigenvalue weighted by Crippen LogP contribution is 2.39. The fourth-order valence-electron chi connectivity index (χ4n) is 3.33. The van der Waals surface area contributed by atoms with E-state index in [1.807, 2.05) is 13.8 Å². The van der Waals surface area contributed by atoms with Gasteiger partial charge in [-0.3, -0.25) is 4.79 Å². The van der Waals surface area contributed by atoms with E-state index in [9.17, 15) is 4.79 Å². The second kappa shape index (κ2) is 6.68. The van der Waals surface area contributed by atoms with E-state index in [1.165, 1.54) is 25.7 Å². The summed E-state index contributed by atoms with van der Waals surface area (Å²) < 4.78 is 11.3. The minimum Gasteiger partial charge on any atom is -0.462 e. The predicted molar refractivity (Wildman–Crippen MR) is 84.1 cm³/mol. The maximum Gasteiger partial charge on any atom is 0.309 e. The van der Waals surface area contributed by atoms with Crippen LogP contribution in [-0.4, -0.2) is 24.8 Å². The van der Waals surface area contributed by atoms with Gasteiger partial charge < -0.3 is 9.47 Å². The highest BCUT2D eigenvalue weighted by molar-refractivity contribution is 5.74. The fourth-order valence-corrected chi connectivity index (χ4v) is 3.33. The average molecular weight is 296 g/mol. The molecule has 0 saturated heterocycles. The summed E-state index contributed by atoms with van der Waals surface area (Å²) in [6.07, 6.45) is 8.48. The van der Waals surface area contributed by atoms with Crippen LogP contribution in [0.4, 0.5) is 0 Å². The number of carbonyl (C=O) groups is 1. The summed E-state index contributed by atoms with van der Waals surface area (Å²) >= 11 is 0. The van der Waals surface area contributed by atoms with Crippen molar-refractivity contribution in [3.05, 3.63) is 0 Å². The maximum atomic E-state index is 11.6. The molecule has 3 nitrogen and oxygen atoms in total. The average Bonchev–Trinajstić information content (AvgIpc) is 3.19. The lowest BCUT2D eigenvalue weighted by molar-refractivity contribution is -0.155. The van der Waals surface area contributed by atoms with Crippen molar-refractivity contribution in [2.24, 2.45) is 17.3 Å². The van der Waals surface area contributed by atoms with Gasteiger partial charge in [0.1, 0.15) is 6.61 Å². The van der Waals surface area contributed by atoms with E-state index < -0.39 is 0 Å². The van der Waals surface area contributed by atoms with Crippen LogP contribution in [0.1, 0.15) is 72.6 Å². The van der Waals surface area contributed by atoms with Crippen LogP contribution in [0.2, 0.25) is 0 Å². The molecule has 3 heteroatoms. The van der Waals surface area contributed by atoms with Crippen LogP contribution in [0.15, 0.2) is 0 Å². The van der Waals surface area contributed by atoms with Crippen LogP contribution in [0.5, 0.6) is 0 Å². The molecule has 0 amide bonds. The van der Waals surface area contributed by atoms with E-state index in [0.717, 1.165) is 31.8 Å². The van der Waals surface area contributed by atoms with E-state index in [2.05, 4.69) is 13.8 Å². The SMILES string of the molecule is CC1(C)CCCC(CCOC(C)(C)COC(=O)C2CC2)C1. The zero-order valence-electron chi connectivity index (χ0n) is 14.2. The van der Waals surface area contributed by atoms with Gasteiger partial charge in [-0.2, -0.15) is 0 Å². The first kappa shape index (κ1) is 16.8. The number of hydrogen-bond acceptors (Lipinski definition) is 3. The van der Waals surface area contributed by atoms with Crippen LogP contribution >= 0.6 is 0 Å². The molecule has 0 N–H and O–H groups in total. The molecule has 2 aliphatic carbocycles. The quantitative estimate of drug-likeness (QED) is 0.656. The van der Waals surface area contributed by atoms with Crippen molar-refractivity contribution in [3.8, 4) is 0 Å². The molecule has 0 heterocycles. The zero-order valence-corrected chi connectivity index (χ0v) is 14.2. The molecular weight excluding hydrogens is 264 g/mol. The fraction of sp³-hybridized carbons (Fsp3) is 0.944. The zero-order chi connectivity index (χ0) is 15.5. The second-order valence-corrected chi connectivity index (χ2v) is 8.41. The number of esters is 1. The smallest absolute Gasteiger partial charge is 0.309 e. The molecule has 1 atom stereocenters. The predicted octanol–water partition coefficient (Wildman–Crippen LogP) is 4.34. The summed E-state index contributed by atoms with van der Waals surface area (Å²) in [5, 5.41) is 0. The van der Waals surface area contributed by atoms with E-state index in [-0.39, 0.29) is 17.5 Å². The number of ether oxygens (including phenoxy) is 2. The third kappa shape index (κ3) is 5.98. The van der Waals surface area contributed by atoms with Gasteiger partial charge in [-0.05, 0) is 57.3 Å². The number of rotatable bonds is 7. The number of hydrogen-bond donors (Lipinski definition) is 0. The lowest BCUT2D eigenvalue weighted by atomic mass is 9.71. The van der Waals surface area contributed by atoms with Crippen LogP contribution < -0.4 is 0 Å². The Bertz CT molecular complexity index is 355. The minimum absolute atomic E-state index is 0.0410. The van der Waals surface area contributed by atoms with Gasteiger partial charge in [0.05, 0.1) is 11.5 Å². The molecule has 2 rings (SSSR count). The molecule has 0 spiro atoms. The van der Waals surface area contributed by atoms with E-state index in [1.54, 1.807) is 0 Å². The van der Waals surface area contributed by atoms with Crippen molar-refractivity contribution in [2.75, 3.05) is 13.2 Å². The van der Waals surface area contributed by atoms with Gasteiger partial charge >= 0.3 is 5.97 Å². The second-order valence-electron chi connectivity index (χ2n) is 8.41. The highest BCUT2D eigenvalue weighted by Gasteiger charge is 2.33. The maximum absolute atomic E-state index is 11.6. The van der Waals surface area contributed by atoms with Crippen LogP contribution in [0, 0.1) is 17.3 Å². The Labute approximate surface area is 129 Å².